The first kappa shape index (κ1) is 15.3. The molecule has 0 aromatic heterocycles. The lowest BCUT2D eigenvalue weighted by Gasteiger charge is -2.07. The Balaban J connectivity index is 2.18. The van der Waals surface area contributed by atoms with Crippen LogP contribution in [0.3, 0.4) is 0 Å². The molecule has 0 atom stereocenters. The lowest BCUT2D eigenvalue weighted by molar-refractivity contribution is 0.102. The van der Waals surface area contributed by atoms with Crippen LogP contribution in [0.4, 0.5) is 5.69 Å². The molecular formula is C14H12ClNO4S. The summed E-state index contributed by atoms with van der Waals surface area (Å²) in [6.45, 7) is 0. The molecule has 0 saturated heterocycles. The highest BCUT2D eigenvalue weighted by Crippen LogP contribution is 2.26. The third kappa shape index (κ3) is 3.74. The number of phenolic OH excluding ortho intramolecular Hbond substituents is 1. The van der Waals surface area contributed by atoms with E-state index in [2.05, 4.69) is 5.32 Å². The van der Waals surface area contributed by atoms with Crippen LogP contribution >= 0.6 is 11.6 Å². The Hall–Kier alpha value is -2.05. The highest BCUT2D eigenvalue weighted by atomic mass is 35.5. The van der Waals surface area contributed by atoms with Gasteiger partial charge in [-0.15, -0.1) is 0 Å². The van der Waals surface area contributed by atoms with Crippen molar-refractivity contribution in [3.63, 3.8) is 0 Å². The molecule has 21 heavy (non-hydrogen) atoms. The lowest BCUT2D eigenvalue weighted by atomic mass is 10.2. The number of aromatic hydroxyl groups is 1. The van der Waals surface area contributed by atoms with Gasteiger partial charge in [0.15, 0.2) is 9.84 Å². The summed E-state index contributed by atoms with van der Waals surface area (Å²) in [5.41, 5.74) is 0.686. The molecule has 0 fully saturated rings. The van der Waals surface area contributed by atoms with Gasteiger partial charge in [0, 0.05) is 23.6 Å². The second-order valence-corrected chi connectivity index (χ2v) is 6.84. The van der Waals surface area contributed by atoms with Gasteiger partial charge in [-0.1, -0.05) is 11.6 Å². The average molecular weight is 326 g/mol. The molecule has 0 aliphatic carbocycles. The monoisotopic (exact) mass is 325 g/mol. The van der Waals surface area contributed by atoms with Gasteiger partial charge in [0.25, 0.3) is 5.91 Å². The number of halogens is 1. The van der Waals surface area contributed by atoms with E-state index in [0.717, 1.165) is 6.26 Å². The second kappa shape index (κ2) is 5.75. The molecule has 0 saturated carbocycles. The molecule has 5 nitrogen and oxygen atoms in total. The number of anilines is 1. The molecule has 1 amide bonds. The molecule has 110 valence electrons. The Kier molecular flexibility index (Phi) is 4.20. The summed E-state index contributed by atoms with van der Waals surface area (Å²) in [6, 6.07) is 9.89. The summed E-state index contributed by atoms with van der Waals surface area (Å²) in [4.78, 5) is 12.1. The second-order valence-electron chi connectivity index (χ2n) is 4.42. The zero-order valence-electron chi connectivity index (χ0n) is 11.0. The number of phenols is 1. The van der Waals surface area contributed by atoms with Crippen LogP contribution in [0.2, 0.25) is 5.02 Å². The van der Waals surface area contributed by atoms with Gasteiger partial charge in [0.2, 0.25) is 0 Å². The van der Waals surface area contributed by atoms with E-state index in [1.165, 1.54) is 36.4 Å². The van der Waals surface area contributed by atoms with Gasteiger partial charge < -0.3 is 10.4 Å². The predicted molar refractivity (Wildman–Crippen MR) is 80.6 cm³/mol. The van der Waals surface area contributed by atoms with Gasteiger partial charge >= 0.3 is 0 Å². The Bertz CT molecular complexity index is 785. The van der Waals surface area contributed by atoms with Gasteiger partial charge in [-0.25, -0.2) is 8.42 Å². The number of rotatable bonds is 3. The maximum Gasteiger partial charge on any atom is 0.255 e. The topological polar surface area (TPSA) is 83.5 Å². The Morgan fingerprint density at radius 1 is 1.14 bits per heavy atom. The molecule has 2 N–H and O–H groups in total. The maximum absolute atomic E-state index is 12.0. The van der Waals surface area contributed by atoms with Crippen molar-refractivity contribution in [2.75, 3.05) is 11.6 Å². The van der Waals surface area contributed by atoms with Crippen molar-refractivity contribution in [1.82, 2.24) is 0 Å². The summed E-state index contributed by atoms with van der Waals surface area (Å²) < 4.78 is 22.7. The van der Waals surface area contributed by atoms with E-state index in [9.17, 15) is 18.3 Å². The van der Waals surface area contributed by atoms with Crippen LogP contribution in [0.1, 0.15) is 10.4 Å². The van der Waals surface area contributed by atoms with Crippen molar-refractivity contribution in [3.8, 4) is 5.75 Å². The number of sulfone groups is 1. The van der Waals surface area contributed by atoms with Crippen LogP contribution in [0, 0.1) is 0 Å². The fourth-order valence-electron chi connectivity index (χ4n) is 1.65. The van der Waals surface area contributed by atoms with E-state index in [1.54, 1.807) is 6.07 Å². The SMILES string of the molecule is CS(=O)(=O)c1ccc(C(=O)Nc2ccc(Cl)c(O)c2)cc1. The molecule has 7 heteroatoms. The Morgan fingerprint density at radius 3 is 2.29 bits per heavy atom. The third-order valence-electron chi connectivity index (χ3n) is 2.75. The van der Waals surface area contributed by atoms with Gasteiger partial charge in [-0.3, -0.25) is 4.79 Å². The van der Waals surface area contributed by atoms with Crippen molar-refractivity contribution in [1.29, 1.82) is 0 Å². The van der Waals surface area contributed by atoms with Gasteiger partial charge in [0.05, 0.1) is 9.92 Å². The molecule has 0 heterocycles. The molecule has 0 spiro atoms. The fourth-order valence-corrected chi connectivity index (χ4v) is 2.40. The maximum atomic E-state index is 12.0. The zero-order valence-corrected chi connectivity index (χ0v) is 12.6. The minimum absolute atomic E-state index is 0.137. The van der Waals surface area contributed by atoms with Gasteiger partial charge in [-0.2, -0.15) is 0 Å². The first-order valence-corrected chi connectivity index (χ1v) is 8.14. The molecule has 2 aromatic carbocycles. The van der Waals surface area contributed by atoms with Gasteiger partial charge in [-0.05, 0) is 36.4 Å². The summed E-state index contributed by atoms with van der Waals surface area (Å²) >= 11 is 5.67. The summed E-state index contributed by atoms with van der Waals surface area (Å²) in [6.07, 6.45) is 1.10. The van der Waals surface area contributed by atoms with Crippen LogP contribution in [-0.2, 0) is 9.84 Å². The molecule has 0 unspecified atom stereocenters. The molecule has 0 bridgehead atoms. The first-order valence-electron chi connectivity index (χ1n) is 5.87. The van der Waals surface area contributed by atoms with Crippen LogP contribution < -0.4 is 5.32 Å². The van der Waals surface area contributed by atoms with E-state index >= 15 is 0 Å². The predicted octanol–water partition coefficient (Wildman–Crippen LogP) is 2.70. The Morgan fingerprint density at radius 2 is 1.76 bits per heavy atom. The average Bonchev–Trinajstić information content (AvgIpc) is 2.42. The van der Waals surface area contributed by atoms with Crippen LogP contribution in [-0.4, -0.2) is 25.7 Å². The zero-order chi connectivity index (χ0) is 15.6. The third-order valence-corrected chi connectivity index (χ3v) is 4.20. The normalized spacial score (nSPS) is 11.1. The summed E-state index contributed by atoms with van der Waals surface area (Å²) in [5, 5.41) is 12.2. The fraction of sp³-hybridized carbons (Fsp3) is 0.0714. The number of nitrogens with one attached hydrogen (secondary N) is 1. The quantitative estimate of drug-likeness (QED) is 0.908. The largest absolute Gasteiger partial charge is 0.506 e. The number of carbonyl (C=O) groups is 1. The standard InChI is InChI=1S/C14H12ClNO4S/c1-21(19,20)11-5-2-9(3-6-11)14(18)16-10-4-7-12(15)13(17)8-10/h2-8,17H,1H3,(H,16,18). The van der Waals surface area contributed by atoms with Crippen molar-refractivity contribution in [3.05, 3.63) is 53.1 Å². The highest BCUT2D eigenvalue weighted by Gasteiger charge is 2.10. The number of carbonyl (C=O) groups excluding carboxylic acids is 1. The number of hydrogen-bond acceptors (Lipinski definition) is 4. The van der Waals surface area contributed by atoms with Crippen LogP contribution in [0.5, 0.6) is 5.75 Å². The van der Waals surface area contributed by atoms with E-state index in [-0.39, 0.29) is 15.7 Å². The molecule has 0 aliphatic heterocycles. The Labute approximate surface area is 127 Å². The van der Waals surface area contributed by atoms with Crippen LogP contribution in [0.15, 0.2) is 47.4 Å². The number of amides is 1. The van der Waals surface area contributed by atoms with Crippen LogP contribution in [0.25, 0.3) is 0 Å². The molecular weight excluding hydrogens is 314 g/mol. The molecule has 2 rings (SSSR count). The minimum Gasteiger partial charge on any atom is -0.506 e. The van der Waals surface area contributed by atoms with E-state index in [1.807, 2.05) is 0 Å². The van der Waals surface area contributed by atoms with E-state index in [4.69, 9.17) is 11.6 Å². The van der Waals surface area contributed by atoms with Gasteiger partial charge in [0.1, 0.15) is 5.75 Å². The van der Waals surface area contributed by atoms with E-state index < -0.39 is 15.7 Å². The van der Waals surface area contributed by atoms with Crippen molar-refractivity contribution < 1.29 is 18.3 Å². The number of benzene rings is 2. The van der Waals surface area contributed by atoms with Crippen molar-refractivity contribution in [2.24, 2.45) is 0 Å². The smallest absolute Gasteiger partial charge is 0.255 e. The van der Waals surface area contributed by atoms with Crippen molar-refractivity contribution >= 4 is 33.0 Å². The summed E-state index contributed by atoms with van der Waals surface area (Å²) in [5.74, 6) is -0.557. The highest BCUT2D eigenvalue weighted by molar-refractivity contribution is 7.90. The molecule has 2 aromatic rings. The van der Waals surface area contributed by atoms with E-state index in [0.29, 0.717) is 11.3 Å². The minimum atomic E-state index is -3.29. The number of hydrogen-bond donors (Lipinski definition) is 2. The first-order chi connectivity index (χ1) is 9.77. The summed E-state index contributed by atoms with van der Waals surface area (Å²) in [7, 11) is -3.29. The van der Waals surface area contributed by atoms with Crippen molar-refractivity contribution in [2.45, 2.75) is 4.90 Å². The lowest BCUT2D eigenvalue weighted by Crippen LogP contribution is -2.12. The molecule has 0 aliphatic rings. The molecule has 0 radical (unpaired) electrons.